The molecular weight excluding hydrogens is 345 g/mol. The zero-order valence-corrected chi connectivity index (χ0v) is 14.3. The number of carbonyl (C=O) groups excluding carboxylic acids is 1. The van der Waals surface area contributed by atoms with Crippen molar-refractivity contribution in [2.24, 2.45) is 5.92 Å². The predicted octanol–water partition coefficient (Wildman–Crippen LogP) is 3.98. The number of hydrogen-bond acceptors (Lipinski definition) is 4. The minimum Gasteiger partial charge on any atom is -0.356 e. The predicted molar refractivity (Wildman–Crippen MR) is 92.0 cm³/mol. The molecule has 0 saturated carbocycles. The van der Waals surface area contributed by atoms with Crippen molar-refractivity contribution in [1.82, 2.24) is 9.97 Å². The maximum atomic E-state index is 12.6. The Morgan fingerprint density at radius 3 is 2.42 bits per heavy atom. The van der Waals surface area contributed by atoms with Crippen LogP contribution in [0.3, 0.4) is 0 Å². The van der Waals surface area contributed by atoms with Crippen molar-refractivity contribution in [2.75, 3.05) is 23.3 Å². The smallest absolute Gasteiger partial charge is 0.356 e. The third-order valence-electron chi connectivity index (χ3n) is 4.46. The Balaban J connectivity index is 1.69. The van der Waals surface area contributed by atoms with Crippen LogP contribution >= 0.6 is 0 Å². The lowest BCUT2D eigenvalue weighted by atomic mass is 9.99. The van der Waals surface area contributed by atoms with Gasteiger partial charge in [-0.05, 0) is 43.0 Å². The first-order chi connectivity index (χ1) is 12.3. The van der Waals surface area contributed by atoms with E-state index in [1.807, 2.05) is 0 Å². The Kier molecular flexibility index (Phi) is 5.11. The molecule has 1 aliphatic heterocycles. The van der Waals surface area contributed by atoms with Crippen molar-refractivity contribution >= 4 is 17.4 Å². The van der Waals surface area contributed by atoms with Crippen LogP contribution in [0.5, 0.6) is 0 Å². The fourth-order valence-electron chi connectivity index (χ4n) is 2.82. The molecular formula is C18H19F3N4O. The van der Waals surface area contributed by atoms with E-state index in [0.717, 1.165) is 38.1 Å². The van der Waals surface area contributed by atoms with Gasteiger partial charge in [-0.25, -0.2) is 9.97 Å². The number of piperidine rings is 1. The first-order valence-corrected chi connectivity index (χ1v) is 8.38. The summed E-state index contributed by atoms with van der Waals surface area (Å²) in [4.78, 5) is 22.6. The number of halogens is 3. The summed E-state index contributed by atoms with van der Waals surface area (Å²) in [5, 5.41) is 2.56. The molecule has 5 nitrogen and oxygen atoms in total. The largest absolute Gasteiger partial charge is 0.416 e. The Morgan fingerprint density at radius 1 is 1.15 bits per heavy atom. The van der Waals surface area contributed by atoms with E-state index in [0.29, 0.717) is 11.7 Å². The molecule has 26 heavy (non-hydrogen) atoms. The van der Waals surface area contributed by atoms with E-state index < -0.39 is 17.6 Å². The summed E-state index contributed by atoms with van der Waals surface area (Å²) in [5.74, 6) is 0.874. The van der Waals surface area contributed by atoms with Crippen LogP contribution in [0.25, 0.3) is 0 Å². The minimum absolute atomic E-state index is 0.175. The summed E-state index contributed by atoms with van der Waals surface area (Å²) in [5.41, 5.74) is -0.317. The van der Waals surface area contributed by atoms with Crippen molar-refractivity contribution in [1.29, 1.82) is 0 Å². The summed E-state index contributed by atoms with van der Waals surface area (Å²) in [6, 6.07) is 5.89. The van der Waals surface area contributed by atoms with Crippen LogP contribution in [0.1, 0.15) is 35.8 Å². The number of nitrogens with zero attached hydrogens (tertiary/aromatic N) is 3. The molecule has 1 aromatic carbocycles. The number of anilines is 2. The molecule has 0 aliphatic carbocycles. The molecule has 138 valence electrons. The van der Waals surface area contributed by atoms with Gasteiger partial charge in [0.1, 0.15) is 17.8 Å². The molecule has 0 atom stereocenters. The monoisotopic (exact) mass is 364 g/mol. The van der Waals surface area contributed by atoms with Crippen molar-refractivity contribution in [3.8, 4) is 0 Å². The van der Waals surface area contributed by atoms with E-state index in [1.165, 1.54) is 18.5 Å². The first-order valence-electron chi connectivity index (χ1n) is 8.38. The van der Waals surface area contributed by atoms with Crippen molar-refractivity contribution in [3.63, 3.8) is 0 Å². The second-order valence-corrected chi connectivity index (χ2v) is 6.46. The molecule has 1 amide bonds. The van der Waals surface area contributed by atoms with Gasteiger partial charge in [0.25, 0.3) is 5.91 Å². The summed E-state index contributed by atoms with van der Waals surface area (Å²) < 4.78 is 37.8. The van der Waals surface area contributed by atoms with Crippen molar-refractivity contribution in [3.05, 3.63) is 47.9 Å². The van der Waals surface area contributed by atoms with E-state index in [2.05, 4.69) is 27.1 Å². The highest BCUT2D eigenvalue weighted by molar-refractivity contribution is 6.03. The number of aromatic nitrogens is 2. The third kappa shape index (κ3) is 4.30. The third-order valence-corrected chi connectivity index (χ3v) is 4.46. The number of hydrogen-bond donors (Lipinski definition) is 1. The summed E-state index contributed by atoms with van der Waals surface area (Å²) in [6.07, 6.45) is -0.945. The fourth-order valence-corrected chi connectivity index (χ4v) is 2.82. The van der Waals surface area contributed by atoms with Gasteiger partial charge < -0.3 is 10.2 Å². The number of benzene rings is 1. The van der Waals surface area contributed by atoms with Crippen LogP contribution < -0.4 is 10.2 Å². The number of nitrogens with one attached hydrogen (secondary N) is 1. The van der Waals surface area contributed by atoms with Gasteiger partial charge in [0.2, 0.25) is 0 Å². The van der Waals surface area contributed by atoms with Crippen LogP contribution in [-0.4, -0.2) is 29.0 Å². The van der Waals surface area contributed by atoms with Gasteiger partial charge in [-0.3, -0.25) is 4.79 Å². The summed E-state index contributed by atoms with van der Waals surface area (Å²) in [7, 11) is 0. The molecule has 0 radical (unpaired) electrons. The molecule has 1 aromatic heterocycles. The Morgan fingerprint density at radius 2 is 1.81 bits per heavy atom. The zero-order chi connectivity index (χ0) is 18.7. The molecule has 1 aliphatic rings. The Bertz CT molecular complexity index is 769. The molecule has 0 unspecified atom stereocenters. The molecule has 1 N–H and O–H groups in total. The Hall–Kier alpha value is -2.64. The highest BCUT2D eigenvalue weighted by Crippen LogP contribution is 2.30. The van der Waals surface area contributed by atoms with Gasteiger partial charge in [-0.2, -0.15) is 13.2 Å². The number of rotatable bonds is 3. The summed E-state index contributed by atoms with van der Waals surface area (Å²) >= 11 is 0. The van der Waals surface area contributed by atoms with E-state index in [-0.39, 0.29) is 11.4 Å². The van der Waals surface area contributed by atoms with Crippen LogP contribution in [0, 0.1) is 5.92 Å². The summed E-state index contributed by atoms with van der Waals surface area (Å²) in [6.45, 7) is 3.95. The zero-order valence-electron chi connectivity index (χ0n) is 14.3. The van der Waals surface area contributed by atoms with Gasteiger partial charge in [-0.15, -0.1) is 0 Å². The molecule has 2 heterocycles. The minimum atomic E-state index is -4.41. The Labute approximate surface area is 149 Å². The van der Waals surface area contributed by atoms with E-state index >= 15 is 0 Å². The maximum absolute atomic E-state index is 12.6. The maximum Gasteiger partial charge on any atom is 0.416 e. The van der Waals surface area contributed by atoms with E-state index in [4.69, 9.17) is 0 Å². The van der Waals surface area contributed by atoms with Gasteiger partial charge >= 0.3 is 6.18 Å². The topological polar surface area (TPSA) is 58.1 Å². The lowest BCUT2D eigenvalue weighted by Crippen LogP contribution is -2.33. The number of alkyl halides is 3. The normalized spacial score (nSPS) is 15.8. The van der Waals surface area contributed by atoms with Crippen LogP contribution in [0.15, 0.2) is 36.7 Å². The van der Waals surface area contributed by atoms with Crippen molar-refractivity contribution < 1.29 is 18.0 Å². The number of carbonyl (C=O) groups is 1. The average Bonchev–Trinajstić information content (AvgIpc) is 2.62. The molecule has 1 saturated heterocycles. The lowest BCUT2D eigenvalue weighted by molar-refractivity contribution is -0.137. The lowest BCUT2D eigenvalue weighted by Gasteiger charge is -2.31. The van der Waals surface area contributed by atoms with Crippen LogP contribution in [-0.2, 0) is 6.18 Å². The molecule has 8 heteroatoms. The first kappa shape index (κ1) is 18.2. The second-order valence-electron chi connectivity index (χ2n) is 6.46. The van der Waals surface area contributed by atoms with Crippen LogP contribution in [0.4, 0.5) is 24.7 Å². The fraction of sp³-hybridized carbons (Fsp3) is 0.389. The SMILES string of the molecule is CC1CCN(c2cc(C(=O)Nc3ccc(C(F)(F)F)cc3)ncn2)CC1. The standard InChI is InChI=1S/C18H19F3N4O/c1-12-6-8-25(9-7-12)16-10-15(22-11-23-16)17(26)24-14-4-2-13(3-5-14)18(19,20)21/h2-5,10-12H,6-9H2,1H3,(H,24,26). The van der Waals surface area contributed by atoms with Gasteiger partial charge in [0.05, 0.1) is 5.56 Å². The highest BCUT2D eigenvalue weighted by atomic mass is 19.4. The molecule has 0 spiro atoms. The number of amides is 1. The quantitative estimate of drug-likeness (QED) is 0.895. The highest BCUT2D eigenvalue weighted by Gasteiger charge is 2.30. The molecule has 1 fully saturated rings. The molecule has 3 rings (SSSR count). The van der Waals surface area contributed by atoms with Gasteiger partial charge in [0, 0.05) is 24.8 Å². The molecule has 0 bridgehead atoms. The second kappa shape index (κ2) is 7.31. The van der Waals surface area contributed by atoms with Gasteiger partial charge in [-0.1, -0.05) is 6.92 Å². The van der Waals surface area contributed by atoms with E-state index in [1.54, 1.807) is 6.07 Å². The van der Waals surface area contributed by atoms with Gasteiger partial charge in [0.15, 0.2) is 0 Å². The van der Waals surface area contributed by atoms with Crippen molar-refractivity contribution in [2.45, 2.75) is 25.9 Å². The van der Waals surface area contributed by atoms with Crippen LogP contribution in [0.2, 0.25) is 0 Å². The molecule has 2 aromatic rings. The average molecular weight is 364 g/mol. The van der Waals surface area contributed by atoms with E-state index in [9.17, 15) is 18.0 Å².